The van der Waals surface area contributed by atoms with E-state index in [1.165, 1.54) is 0 Å². The van der Waals surface area contributed by atoms with Crippen LogP contribution in [0.2, 0.25) is 0 Å². The second-order valence-corrected chi connectivity index (χ2v) is 7.11. The molecule has 24 heavy (non-hydrogen) atoms. The zero-order valence-corrected chi connectivity index (χ0v) is 15.3. The number of hydrogen-bond acceptors (Lipinski definition) is 4. The lowest BCUT2D eigenvalue weighted by molar-refractivity contribution is 0.123. The number of benzene rings is 1. The molecule has 2 saturated heterocycles. The van der Waals surface area contributed by atoms with E-state index in [4.69, 9.17) is 4.74 Å². The Hall–Kier alpha value is -1.31. The second kappa shape index (κ2) is 8.18. The van der Waals surface area contributed by atoms with E-state index in [2.05, 4.69) is 26.1 Å². The molecule has 2 aliphatic rings. The lowest BCUT2D eigenvalue weighted by Gasteiger charge is -2.31. The topological polar surface area (TPSA) is 65.0 Å². The smallest absolute Gasteiger partial charge is 0.322 e. The van der Waals surface area contributed by atoms with Crippen molar-refractivity contribution in [1.82, 2.24) is 4.90 Å². The minimum atomic E-state index is -0.0847. The molecule has 1 unspecified atom stereocenters. The zero-order valence-electron chi connectivity index (χ0n) is 13.7. The SMILES string of the molecule is O=C(Nc1cc(Br)ccc1N1CCOCC1)N1CCCC1CCO. The molecule has 7 heteroatoms. The largest absolute Gasteiger partial charge is 0.396 e. The maximum atomic E-state index is 12.7. The van der Waals surface area contributed by atoms with Gasteiger partial charge in [0.25, 0.3) is 0 Å². The van der Waals surface area contributed by atoms with Gasteiger partial charge in [0.05, 0.1) is 24.6 Å². The van der Waals surface area contributed by atoms with Gasteiger partial charge in [-0.25, -0.2) is 4.79 Å². The molecule has 2 aliphatic heterocycles. The molecule has 2 N–H and O–H groups in total. The van der Waals surface area contributed by atoms with Gasteiger partial charge in [0.2, 0.25) is 0 Å². The van der Waals surface area contributed by atoms with Crippen LogP contribution >= 0.6 is 15.9 Å². The number of carbonyl (C=O) groups is 1. The van der Waals surface area contributed by atoms with Crippen molar-refractivity contribution in [2.24, 2.45) is 0 Å². The highest BCUT2D eigenvalue weighted by Gasteiger charge is 2.29. The molecule has 0 saturated carbocycles. The number of anilines is 2. The van der Waals surface area contributed by atoms with Crippen LogP contribution in [0.15, 0.2) is 22.7 Å². The molecule has 0 bridgehead atoms. The van der Waals surface area contributed by atoms with Crippen molar-refractivity contribution in [3.05, 3.63) is 22.7 Å². The Morgan fingerprint density at radius 3 is 2.88 bits per heavy atom. The van der Waals surface area contributed by atoms with Crippen LogP contribution in [0.25, 0.3) is 0 Å². The number of halogens is 1. The third-order valence-corrected chi connectivity index (χ3v) is 5.15. The first-order valence-corrected chi connectivity index (χ1v) is 9.29. The highest BCUT2D eigenvalue weighted by molar-refractivity contribution is 9.10. The summed E-state index contributed by atoms with van der Waals surface area (Å²) in [4.78, 5) is 16.8. The number of morpholine rings is 1. The number of rotatable bonds is 4. The maximum Gasteiger partial charge on any atom is 0.322 e. The van der Waals surface area contributed by atoms with E-state index < -0.39 is 0 Å². The molecule has 6 nitrogen and oxygen atoms in total. The summed E-state index contributed by atoms with van der Waals surface area (Å²) < 4.78 is 6.35. The van der Waals surface area contributed by atoms with Crippen molar-refractivity contribution in [1.29, 1.82) is 0 Å². The van der Waals surface area contributed by atoms with E-state index >= 15 is 0 Å². The molecule has 1 atom stereocenters. The summed E-state index contributed by atoms with van der Waals surface area (Å²) in [7, 11) is 0. The molecule has 132 valence electrons. The summed E-state index contributed by atoms with van der Waals surface area (Å²) in [5.41, 5.74) is 1.83. The van der Waals surface area contributed by atoms with Gasteiger partial charge in [-0.3, -0.25) is 0 Å². The molecule has 2 heterocycles. The fraction of sp³-hybridized carbons (Fsp3) is 0.588. The van der Waals surface area contributed by atoms with Crippen molar-refractivity contribution in [3.8, 4) is 0 Å². The highest BCUT2D eigenvalue weighted by Crippen LogP contribution is 2.31. The predicted octanol–water partition coefficient (Wildman–Crippen LogP) is 2.66. The molecule has 2 fully saturated rings. The fourth-order valence-corrected chi connectivity index (χ4v) is 3.79. The third-order valence-electron chi connectivity index (χ3n) is 4.65. The number of aliphatic hydroxyl groups excluding tert-OH is 1. The normalized spacial score (nSPS) is 21.2. The number of urea groups is 1. The van der Waals surface area contributed by atoms with Crippen LogP contribution in [0.5, 0.6) is 0 Å². The Labute approximate surface area is 150 Å². The Morgan fingerprint density at radius 2 is 2.12 bits per heavy atom. The molecule has 0 radical (unpaired) electrons. The summed E-state index contributed by atoms with van der Waals surface area (Å²) in [5.74, 6) is 0. The first kappa shape index (κ1) is 17.5. The number of ether oxygens (including phenoxy) is 1. The molecule has 0 aliphatic carbocycles. The van der Waals surface area contributed by atoms with E-state index in [0.29, 0.717) is 19.6 Å². The molecule has 0 spiro atoms. The quantitative estimate of drug-likeness (QED) is 0.819. The van der Waals surface area contributed by atoms with Gasteiger partial charge in [0.1, 0.15) is 0 Å². The third kappa shape index (κ3) is 4.02. The van der Waals surface area contributed by atoms with Crippen molar-refractivity contribution < 1.29 is 14.6 Å². The Kier molecular flexibility index (Phi) is 5.97. The van der Waals surface area contributed by atoms with E-state index in [1.54, 1.807) is 0 Å². The molecule has 0 aromatic heterocycles. The highest BCUT2D eigenvalue weighted by atomic mass is 79.9. The first-order valence-electron chi connectivity index (χ1n) is 8.50. The van der Waals surface area contributed by atoms with Crippen molar-refractivity contribution in [2.75, 3.05) is 49.7 Å². The molecule has 2 amide bonds. The van der Waals surface area contributed by atoms with E-state index in [9.17, 15) is 9.90 Å². The van der Waals surface area contributed by atoms with Gasteiger partial charge in [-0.15, -0.1) is 0 Å². The minimum Gasteiger partial charge on any atom is -0.396 e. The molecular formula is C17H24BrN3O3. The monoisotopic (exact) mass is 397 g/mol. The number of hydrogen-bond donors (Lipinski definition) is 2. The van der Waals surface area contributed by atoms with E-state index in [0.717, 1.165) is 48.3 Å². The van der Waals surface area contributed by atoms with Crippen LogP contribution in [-0.4, -0.2) is 61.5 Å². The van der Waals surface area contributed by atoms with Gasteiger partial charge in [0.15, 0.2) is 0 Å². The van der Waals surface area contributed by atoms with Gasteiger partial charge in [-0.1, -0.05) is 15.9 Å². The number of aliphatic hydroxyl groups is 1. The number of likely N-dealkylation sites (tertiary alicyclic amines) is 1. The second-order valence-electron chi connectivity index (χ2n) is 6.19. The van der Waals surface area contributed by atoms with Gasteiger partial charge in [-0.05, 0) is 37.5 Å². The fourth-order valence-electron chi connectivity index (χ4n) is 3.43. The number of amides is 2. The van der Waals surface area contributed by atoms with Gasteiger partial charge in [-0.2, -0.15) is 0 Å². The van der Waals surface area contributed by atoms with Crippen molar-refractivity contribution in [3.63, 3.8) is 0 Å². The number of nitrogens with zero attached hydrogens (tertiary/aromatic N) is 2. The van der Waals surface area contributed by atoms with Crippen LogP contribution in [0.1, 0.15) is 19.3 Å². The zero-order chi connectivity index (χ0) is 16.9. The lowest BCUT2D eigenvalue weighted by atomic mass is 10.1. The van der Waals surface area contributed by atoms with Crippen LogP contribution in [0.4, 0.5) is 16.2 Å². The first-order chi connectivity index (χ1) is 11.7. The maximum absolute atomic E-state index is 12.7. The Bertz CT molecular complexity index is 578. The van der Waals surface area contributed by atoms with Crippen LogP contribution in [0, 0.1) is 0 Å². The summed E-state index contributed by atoms with van der Waals surface area (Å²) >= 11 is 3.49. The van der Waals surface area contributed by atoms with Crippen LogP contribution in [-0.2, 0) is 4.74 Å². The minimum absolute atomic E-state index is 0.0847. The van der Waals surface area contributed by atoms with Crippen LogP contribution < -0.4 is 10.2 Å². The summed E-state index contributed by atoms with van der Waals surface area (Å²) in [6, 6.07) is 6.01. The standard InChI is InChI=1S/C17H24BrN3O3/c18-13-3-4-16(20-7-10-24-11-8-20)15(12-13)19-17(23)21-6-1-2-14(21)5-9-22/h3-4,12,14,22H,1-2,5-11H2,(H,19,23). The van der Waals surface area contributed by atoms with Gasteiger partial charge in [0, 0.05) is 36.8 Å². The van der Waals surface area contributed by atoms with Crippen molar-refractivity contribution >= 4 is 33.3 Å². The summed E-state index contributed by atoms with van der Waals surface area (Å²) in [5, 5.41) is 12.3. The number of nitrogens with one attached hydrogen (secondary N) is 1. The predicted molar refractivity (Wildman–Crippen MR) is 97.6 cm³/mol. The summed E-state index contributed by atoms with van der Waals surface area (Å²) in [6.07, 6.45) is 2.60. The van der Waals surface area contributed by atoms with Crippen molar-refractivity contribution in [2.45, 2.75) is 25.3 Å². The van der Waals surface area contributed by atoms with Crippen LogP contribution in [0.3, 0.4) is 0 Å². The molecule has 1 aromatic carbocycles. The molecular weight excluding hydrogens is 374 g/mol. The Balaban J connectivity index is 1.76. The van der Waals surface area contributed by atoms with E-state index in [-0.39, 0.29) is 18.7 Å². The molecule has 1 aromatic rings. The van der Waals surface area contributed by atoms with Gasteiger partial charge < -0.3 is 25.0 Å². The average molecular weight is 398 g/mol. The Morgan fingerprint density at radius 1 is 1.33 bits per heavy atom. The lowest BCUT2D eigenvalue weighted by Crippen LogP contribution is -2.40. The summed E-state index contributed by atoms with van der Waals surface area (Å²) in [6.45, 7) is 3.91. The average Bonchev–Trinajstić information content (AvgIpc) is 3.05. The van der Waals surface area contributed by atoms with Gasteiger partial charge >= 0.3 is 6.03 Å². The van der Waals surface area contributed by atoms with E-state index in [1.807, 2.05) is 23.1 Å². The number of carbonyl (C=O) groups excluding carboxylic acids is 1. The molecule has 3 rings (SSSR count).